The number of alkyl halides is 3. The Bertz CT molecular complexity index is 1340. The van der Waals surface area contributed by atoms with Crippen molar-refractivity contribution in [3.05, 3.63) is 89.7 Å². The fraction of sp³-hybridized carbons (Fsp3) is 0.136. The molecule has 0 amide bonds. The topological polar surface area (TPSA) is 63.5 Å². The average Bonchev–Trinajstić information content (AvgIpc) is 3.13. The first kappa shape index (κ1) is 20.9. The first-order valence-electron chi connectivity index (χ1n) is 9.33. The normalized spacial score (nSPS) is 12.3. The Kier molecular flexibility index (Phi) is 5.22. The summed E-state index contributed by atoms with van der Waals surface area (Å²) in [5, 5.41) is 0. The Morgan fingerprint density at radius 1 is 1.00 bits per heavy atom. The highest BCUT2D eigenvalue weighted by Gasteiger charge is 2.30. The minimum atomic E-state index is -4.47. The molecule has 0 unspecified atom stereocenters. The van der Waals surface area contributed by atoms with E-state index in [0.717, 1.165) is 23.3 Å². The van der Waals surface area contributed by atoms with Gasteiger partial charge in [0.15, 0.2) is 0 Å². The van der Waals surface area contributed by atoms with Crippen LogP contribution >= 0.6 is 0 Å². The van der Waals surface area contributed by atoms with Crippen LogP contribution < -0.4 is 4.72 Å². The van der Waals surface area contributed by atoms with Gasteiger partial charge in [-0.3, -0.25) is 4.72 Å². The number of anilines is 1. The number of nitrogens with zero attached hydrogens (tertiary/aromatic N) is 2. The third kappa shape index (κ3) is 4.56. The predicted octanol–water partition coefficient (Wildman–Crippen LogP) is 5.27. The van der Waals surface area contributed by atoms with Gasteiger partial charge >= 0.3 is 6.18 Å². The van der Waals surface area contributed by atoms with E-state index in [0.29, 0.717) is 16.9 Å². The van der Waals surface area contributed by atoms with Crippen LogP contribution in [0.2, 0.25) is 0 Å². The molecule has 2 heterocycles. The number of halogens is 3. The summed E-state index contributed by atoms with van der Waals surface area (Å²) in [6.45, 7) is 1.94. The van der Waals surface area contributed by atoms with Crippen molar-refractivity contribution < 1.29 is 21.6 Å². The summed E-state index contributed by atoms with van der Waals surface area (Å²) in [5.41, 5.74) is 2.71. The molecule has 0 fully saturated rings. The standard InChI is InChI=1S/C22H18F3N3O2S/c1-15-5-4-12-28-13-20(26-21(15)28)18-6-2-3-7-19(18)27-31(29,30)14-16-8-10-17(11-9-16)22(23,24)25/h2-13,27H,14H2,1H3. The summed E-state index contributed by atoms with van der Waals surface area (Å²) < 4.78 is 67.9. The molecule has 0 saturated carbocycles. The lowest BCUT2D eigenvalue weighted by Gasteiger charge is -2.12. The number of sulfonamides is 1. The van der Waals surface area contributed by atoms with Crippen molar-refractivity contribution in [3.8, 4) is 11.3 Å². The highest BCUT2D eigenvalue weighted by Crippen LogP contribution is 2.31. The minimum Gasteiger partial charge on any atom is -0.306 e. The quantitative estimate of drug-likeness (QED) is 0.455. The summed E-state index contributed by atoms with van der Waals surface area (Å²) in [5.74, 6) is -0.455. The van der Waals surface area contributed by atoms with Crippen LogP contribution in [0, 0.1) is 6.92 Å². The lowest BCUT2D eigenvalue weighted by Crippen LogP contribution is -2.16. The maximum absolute atomic E-state index is 12.7. The van der Waals surface area contributed by atoms with Crippen molar-refractivity contribution in [2.75, 3.05) is 4.72 Å². The van der Waals surface area contributed by atoms with E-state index in [2.05, 4.69) is 9.71 Å². The van der Waals surface area contributed by atoms with Gasteiger partial charge < -0.3 is 4.40 Å². The molecule has 9 heteroatoms. The van der Waals surface area contributed by atoms with E-state index in [4.69, 9.17) is 0 Å². The number of pyridine rings is 1. The second-order valence-electron chi connectivity index (χ2n) is 7.15. The van der Waals surface area contributed by atoms with E-state index in [-0.39, 0.29) is 5.56 Å². The van der Waals surface area contributed by atoms with E-state index >= 15 is 0 Å². The number of para-hydroxylation sites is 1. The number of hydrogen-bond acceptors (Lipinski definition) is 3. The Hall–Kier alpha value is -3.33. The van der Waals surface area contributed by atoms with Crippen LogP contribution in [0.5, 0.6) is 0 Å². The summed E-state index contributed by atoms with van der Waals surface area (Å²) in [6, 6.07) is 14.8. The Morgan fingerprint density at radius 2 is 1.71 bits per heavy atom. The molecule has 5 nitrogen and oxygen atoms in total. The molecule has 0 bridgehead atoms. The van der Waals surface area contributed by atoms with Crippen LogP contribution in [0.15, 0.2) is 73.1 Å². The van der Waals surface area contributed by atoms with Crippen LogP contribution in [0.1, 0.15) is 16.7 Å². The van der Waals surface area contributed by atoms with Crippen LogP contribution in [0.3, 0.4) is 0 Å². The number of hydrogen-bond donors (Lipinski definition) is 1. The highest BCUT2D eigenvalue weighted by molar-refractivity contribution is 7.91. The molecular formula is C22H18F3N3O2S. The SMILES string of the molecule is Cc1cccn2cc(-c3ccccc3NS(=O)(=O)Cc3ccc(C(F)(F)F)cc3)nc12. The zero-order valence-corrected chi connectivity index (χ0v) is 17.2. The average molecular weight is 445 g/mol. The number of aryl methyl sites for hydroxylation is 1. The first-order valence-corrected chi connectivity index (χ1v) is 11.0. The second kappa shape index (κ2) is 7.73. The summed E-state index contributed by atoms with van der Waals surface area (Å²) >= 11 is 0. The number of imidazole rings is 1. The van der Waals surface area contributed by atoms with Crippen LogP contribution in [0.4, 0.5) is 18.9 Å². The zero-order chi connectivity index (χ0) is 22.2. The van der Waals surface area contributed by atoms with Gasteiger partial charge in [-0.1, -0.05) is 36.4 Å². The van der Waals surface area contributed by atoms with Crippen molar-refractivity contribution in [1.82, 2.24) is 9.38 Å². The fourth-order valence-electron chi connectivity index (χ4n) is 3.29. The number of benzene rings is 2. The van der Waals surface area contributed by atoms with E-state index < -0.39 is 27.5 Å². The van der Waals surface area contributed by atoms with Gasteiger partial charge in [0.2, 0.25) is 10.0 Å². The van der Waals surface area contributed by atoms with Crippen LogP contribution in [-0.4, -0.2) is 17.8 Å². The molecule has 4 aromatic rings. The second-order valence-corrected chi connectivity index (χ2v) is 8.87. The van der Waals surface area contributed by atoms with Gasteiger partial charge in [0.1, 0.15) is 5.65 Å². The maximum atomic E-state index is 12.7. The molecule has 0 atom stereocenters. The lowest BCUT2D eigenvalue weighted by atomic mass is 10.1. The van der Waals surface area contributed by atoms with Crippen molar-refractivity contribution >= 4 is 21.4 Å². The Morgan fingerprint density at radius 3 is 2.39 bits per heavy atom. The van der Waals surface area contributed by atoms with Gasteiger partial charge in [0.05, 0.1) is 22.7 Å². The molecule has 160 valence electrons. The monoisotopic (exact) mass is 445 g/mol. The Balaban J connectivity index is 1.61. The number of nitrogens with one attached hydrogen (secondary N) is 1. The molecule has 0 saturated heterocycles. The molecule has 0 spiro atoms. The summed E-state index contributed by atoms with van der Waals surface area (Å²) in [6.07, 6.45) is -0.803. The molecule has 2 aromatic heterocycles. The smallest absolute Gasteiger partial charge is 0.306 e. The van der Waals surface area contributed by atoms with Crippen molar-refractivity contribution in [1.29, 1.82) is 0 Å². The van der Waals surface area contributed by atoms with Gasteiger partial charge in [-0.25, -0.2) is 13.4 Å². The number of aromatic nitrogens is 2. The van der Waals surface area contributed by atoms with Crippen molar-refractivity contribution in [3.63, 3.8) is 0 Å². The molecule has 0 aliphatic carbocycles. The van der Waals surface area contributed by atoms with Gasteiger partial charge in [0.25, 0.3) is 0 Å². The highest BCUT2D eigenvalue weighted by atomic mass is 32.2. The molecule has 31 heavy (non-hydrogen) atoms. The Labute approximate surface area is 177 Å². The number of fused-ring (bicyclic) bond motifs is 1. The van der Waals surface area contributed by atoms with E-state index in [1.165, 1.54) is 12.1 Å². The first-order chi connectivity index (χ1) is 14.6. The third-order valence-electron chi connectivity index (χ3n) is 4.78. The largest absolute Gasteiger partial charge is 0.416 e. The van der Waals surface area contributed by atoms with Gasteiger partial charge in [0, 0.05) is 18.0 Å². The van der Waals surface area contributed by atoms with E-state index in [1.54, 1.807) is 24.3 Å². The van der Waals surface area contributed by atoms with Gasteiger partial charge in [-0.2, -0.15) is 13.2 Å². The molecule has 2 aromatic carbocycles. The molecular weight excluding hydrogens is 427 g/mol. The van der Waals surface area contributed by atoms with Crippen LogP contribution in [-0.2, 0) is 22.0 Å². The molecule has 4 rings (SSSR count). The maximum Gasteiger partial charge on any atom is 0.416 e. The predicted molar refractivity (Wildman–Crippen MR) is 113 cm³/mol. The minimum absolute atomic E-state index is 0.251. The van der Waals surface area contributed by atoms with Crippen molar-refractivity contribution in [2.24, 2.45) is 0 Å². The molecule has 0 aliphatic rings. The van der Waals surface area contributed by atoms with Crippen LogP contribution in [0.25, 0.3) is 16.9 Å². The van der Waals surface area contributed by atoms with E-state index in [9.17, 15) is 21.6 Å². The lowest BCUT2D eigenvalue weighted by molar-refractivity contribution is -0.137. The van der Waals surface area contributed by atoms with Gasteiger partial charge in [-0.05, 0) is 42.3 Å². The van der Waals surface area contributed by atoms with E-state index in [1.807, 2.05) is 35.9 Å². The number of rotatable bonds is 5. The molecule has 0 aliphatic heterocycles. The summed E-state index contributed by atoms with van der Waals surface area (Å²) in [7, 11) is -3.87. The summed E-state index contributed by atoms with van der Waals surface area (Å²) in [4.78, 5) is 4.61. The molecule has 1 N–H and O–H groups in total. The molecule has 0 radical (unpaired) electrons. The van der Waals surface area contributed by atoms with Gasteiger partial charge in [-0.15, -0.1) is 0 Å². The zero-order valence-electron chi connectivity index (χ0n) is 16.4. The van der Waals surface area contributed by atoms with Crippen molar-refractivity contribution in [2.45, 2.75) is 18.9 Å². The fourth-order valence-corrected chi connectivity index (χ4v) is 4.51. The third-order valence-corrected chi connectivity index (χ3v) is 6.03.